The van der Waals surface area contributed by atoms with E-state index in [9.17, 15) is 18.0 Å². The summed E-state index contributed by atoms with van der Waals surface area (Å²) in [5.41, 5.74) is 0.358. The molecule has 1 aromatic carbocycles. The minimum atomic E-state index is -4.45. The number of alkyl halides is 3. The van der Waals surface area contributed by atoms with Crippen LogP contribution in [-0.2, 0) is 9.53 Å². The predicted octanol–water partition coefficient (Wildman–Crippen LogP) is 3.26. The first kappa shape index (κ1) is 18.6. The molecule has 0 atom stereocenters. The minimum absolute atomic E-state index is 0.0174. The van der Waals surface area contributed by atoms with Gasteiger partial charge in [-0.2, -0.15) is 0 Å². The molecule has 3 nitrogen and oxygen atoms in total. The molecule has 1 aromatic rings. The monoisotopic (exact) mass is 419 g/mol. The molecule has 0 saturated carbocycles. The summed E-state index contributed by atoms with van der Waals surface area (Å²) in [4.78, 5) is 11.4. The van der Waals surface area contributed by atoms with Gasteiger partial charge in [0, 0.05) is 0 Å². The second kappa shape index (κ2) is 7.71. The number of carbonyl (C=O) groups excluding carboxylic acids is 1. The fourth-order valence-electron chi connectivity index (χ4n) is 1.73. The number of esters is 1. The van der Waals surface area contributed by atoms with Crippen LogP contribution in [0, 0.1) is 0 Å². The quantitative estimate of drug-likeness (QED) is 0.419. The van der Waals surface area contributed by atoms with Gasteiger partial charge in [0.15, 0.2) is 0 Å². The van der Waals surface area contributed by atoms with Gasteiger partial charge in [-0.15, -0.1) is 0 Å². The van der Waals surface area contributed by atoms with E-state index in [2.05, 4.69) is 11.3 Å². The van der Waals surface area contributed by atoms with Crippen molar-refractivity contribution >= 4 is 34.1 Å². The Morgan fingerprint density at radius 3 is 2.18 bits per heavy atom. The molecular formula is C15H14F3O3Sn+. The van der Waals surface area contributed by atoms with Crippen molar-refractivity contribution in [3.8, 4) is 5.75 Å². The molecule has 0 unspecified atom stereocenters. The van der Waals surface area contributed by atoms with Gasteiger partial charge in [0.1, 0.15) is 0 Å². The van der Waals surface area contributed by atoms with Crippen LogP contribution in [0.25, 0.3) is 5.57 Å². The topological polar surface area (TPSA) is 35.5 Å². The van der Waals surface area contributed by atoms with Crippen LogP contribution in [0.4, 0.5) is 13.2 Å². The van der Waals surface area contributed by atoms with E-state index in [1.165, 1.54) is 19.2 Å². The van der Waals surface area contributed by atoms with Gasteiger partial charge < -0.3 is 0 Å². The van der Waals surface area contributed by atoms with E-state index in [4.69, 9.17) is 4.74 Å². The Morgan fingerprint density at radius 2 is 1.77 bits per heavy atom. The molecule has 0 amide bonds. The second-order valence-corrected chi connectivity index (χ2v) is 5.78. The van der Waals surface area contributed by atoms with Gasteiger partial charge in [0.25, 0.3) is 0 Å². The van der Waals surface area contributed by atoms with Crippen LogP contribution >= 0.6 is 0 Å². The number of allylic oxidation sites excluding steroid dienone is 2. The number of rotatable bonds is 5. The summed E-state index contributed by atoms with van der Waals surface area (Å²) in [5.74, 6) is -0.190. The van der Waals surface area contributed by atoms with Crippen LogP contribution in [0.2, 0.25) is 0 Å². The van der Waals surface area contributed by atoms with Crippen molar-refractivity contribution in [3.63, 3.8) is 0 Å². The van der Waals surface area contributed by atoms with Crippen molar-refractivity contribution < 1.29 is 27.4 Å². The average molecular weight is 418 g/mol. The molecule has 0 spiro atoms. The summed E-state index contributed by atoms with van der Waals surface area (Å²) in [5, 5.41) is 0. The zero-order valence-electron chi connectivity index (χ0n) is 12.1. The fraction of sp³-hybridized carbons (Fsp3) is 0.267. The Hall–Kier alpha value is -1.44. The number of hydrogen-bond acceptors (Lipinski definition) is 3. The van der Waals surface area contributed by atoms with Crippen LogP contribution in [0.3, 0.4) is 0 Å². The zero-order chi connectivity index (χ0) is 16.9. The van der Waals surface area contributed by atoms with Crippen LogP contribution in [0.5, 0.6) is 5.75 Å². The maximum atomic E-state index is 13.1. The van der Waals surface area contributed by atoms with Crippen molar-refractivity contribution in [1.29, 1.82) is 0 Å². The summed E-state index contributed by atoms with van der Waals surface area (Å²) >= 11 is 0.213. The Balaban J connectivity index is 3.28. The van der Waals surface area contributed by atoms with Crippen molar-refractivity contribution in [1.82, 2.24) is 0 Å². The van der Waals surface area contributed by atoms with Gasteiger partial charge >= 0.3 is 140 Å². The molecule has 0 aliphatic heterocycles. The molecule has 0 fully saturated rings. The van der Waals surface area contributed by atoms with E-state index < -0.39 is 15.7 Å². The van der Waals surface area contributed by atoms with Crippen molar-refractivity contribution in [2.75, 3.05) is 14.2 Å². The third kappa shape index (κ3) is 4.79. The number of hydrogen-bond donors (Lipinski definition) is 0. The molecule has 0 saturated heterocycles. The zero-order valence-corrected chi connectivity index (χ0v) is 14.9. The summed E-state index contributed by atoms with van der Waals surface area (Å²) in [6.45, 7) is 3.50. The summed E-state index contributed by atoms with van der Waals surface area (Å²) in [6, 6.07) is 6.18. The number of ether oxygens (including phenoxy) is 2. The summed E-state index contributed by atoms with van der Waals surface area (Å²) < 4.78 is 48.0. The van der Waals surface area contributed by atoms with Crippen molar-refractivity contribution in [2.45, 2.75) is 12.6 Å². The number of methoxy groups -OCH3 is 2. The van der Waals surface area contributed by atoms with Gasteiger partial charge in [0.2, 0.25) is 0 Å². The third-order valence-electron chi connectivity index (χ3n) is 2.89. The number of carbonyl (C=O) groups is 1. The van der Waals surface area contributed by atoms with Crippen LogP contribution < -0.4 is 4.74 Å². The molecule has 2 radical (unpaired) electrons. The average Bonchev–Trinajstić information content (AvgIpc) is 2.50. The normalized spacial score (nSPS) is 12.4. The first-order chi connectivity index (χ1) is 10.2. The molecule has 22 heavy (non-hydrogen) atoms. The van der Waals surface area contributed by atoms with E-state index in [0.717, 1.165) is 7.11 Å². The number of halogens is 3. The summed E-state index contributed by atoms with van der Waals surface area (Å²) in [6.07, 6.45) is -4.68. The van der Waals surface area contributed by atoms with Crippen LogP contribution in [0.1, 0.15) is 12.0 Å². The number of benzene rings is 1. The molecule has 0 aromatic heterocycles. The molecule has 1 rings (SSSR count). The van der Waals surface area contributed by atoms with E-state index in [1.54, 1.807) is 12.1 Å². The molecule has 0 bridgehead atoms. The first-order valence-corrected chi connectivity index (χ1v) is 7.55. The molecule has 0 aliphatic carbocycles. The Labute approximate surface area is 139 Å². The predicted molar refractivity (Wildman–Crippen MR) is 77.5 cm³/mol. The van der Waals surface area contributed by atoms with E-state index in [1.807, 2.05) is 0 Å². The van der Waals surface area contributed by atoms with Crippen molar-refractivity contribution in [2.24, 2.45) is 0 Å². The van der Waals surface area contributed by atoms with Crippen LogP contribution in [0.15, 0.2) is 40.0 Å². The Kier molecular flexibility index (Phi) is 6.52. The Morgan fingerprint density at radius 1 is 1.23 bits per heavy atom. The van der Waals surface area contributed by atoms with E-state index in [-0.39, 0.29) is 40.1 Å². The van der Waals surface area contributed by atoms with Gasteiger partial charge in [-0.3, -0.25) is 0 Å². The second-order valence-electron chi connectivity index (χ2n) is 4.35. The Bertz CT molecular complexity index is 589. The molecule has 0 N–H and O–H groups in total. The fourth-order valence-corrected chi connectivity index (χ4v) is 2.39. The van der Waals surface area contributed by atoms with Gasteiger partial charge in [-0.1, -0.05) is 0 Å². The van der Waals surface area contributed by atoms with Crippen LogP contribution in [-0.4, -0.2) is 48.9 Å². The summed E-state index contributed by atoms with van der Waals surface area (Å²) in [7, 11) is 2.63. The molecule has 116 valence electrons. The van der Waals surface area contributed by atoms with Gasteiger partial charge in [-0.25, -0.2) is 0 Å². The van der Waals surface area contributed by atoms with Gasteiger partial charge in [0.05, 0.1) is 0 Å². The van der Waals surface area contributed by atoms with Gasteiger partial charge in [-0.05, 0) is 0 Å². The standard InChI is InChI=1S/C15H14F3O3.Sn/c1-10(14(19)21-3)8-12(9-15(16,17)18)11-4-6-13(20-2)7-5-11;/h4-7H,1,8H2,2-3H3;/q;+1. The SMILES string of the molecule is C=C(C/C(=[C](/[Sn+])C(F)(F)F)c1ccc(OC)cc1)C(=O)OC. The van der Waals surface area contributed by atoms with E-state index >= 15 is 0 Å². The van der Waals surface area contributed by atoms with Crippen molar-refractivity contribution in [3.05, 3.63) is 45.6 Å². The molecular weight excluding hydrogens is 404 g/mol. The third-order valence-corrected chi connectivity index (χ3v) is 4.56. The molecule has 0 heterocycles. The first-order valence-electron chi connectivity index (χ1n) is 6.13. The maximum absolute atomic E-state index is 13.1. The van der Waals surface area contributed by atoms with E-state index in [0.29, 0.717) is 11.3 Å². The molecule has 7 heteroatoms. The molecule has 0 aliphatic rings.